The molecule has 5 rings (SSSR count). The van der Waals surface area contributed by atoms with Crippen LogP contribution in [0, 0.1) is 46.3 Å². The number of carboxylic acids is 1. The van der Waals surface area contributed by atoms with Crippen LogP contribution in [0.25, 0.3) is 0 Å². The van der Waals surface area contributed by atoms with Gasteiger partial charge in [-0.1, -0.05) is 19.4 Å². The molecular formula is C25H33KO5. The zero-order valence-corrected chi connectivity index (χ0v) is 22.4. The molecule has 0 heterocycles. The molecule has 4 fully saturated rings. The van der Waals surface area contributed by atoms with Crippen molar-refractivity contribution in [1.82, 2.24) is 0 Å². The van der Waals surface area contributed by atoms with E-state index in [1.807, 2.05) is 6.08 Å². The van der Waals surface area contributed by atoms with Crippen LogP contribution in [0.2, 0.25) is 0 Å². The monoisotopic (exact) mass is 452 g/mol. The predicted octanol–water partition coefficient (Wildman–Crippen LogP) is -0.545. The van der Waals surface area contributed by atoms with E-state index in [9.17, 15) is 24.6 Å². The van der Waals surface area contributed by atoms with Crippen molar-refractivity contribution in [2.24, 2.45) is 46.3 Å². The van der Waals surface area contributed by atoms with E-state index >= 15 is 0 Å². The Bertz CT molecular complexity index is 866. The van der Waals surface area contributed by atoms with Crippen LogP contribution in [0.4, 0.5) is 0 Å². The van der Waals surface area contributed by atoms with Gasteiger partial charge in [0.15, 0.2) is 5.78 Å². The van der Waals surface area contributed by atoms with Crippen molar-refractivity contribution in [3.8, 4) is 0 Å². The summed E-state index contributed by atoms with van der Waals surface area (Å²) in [5, 5.41) is 23.0. The number of aliphatic carboxylic acids is 1. The molecule has 5 nitrogen and oxygen atoms in total. The number of fused-ring (bicyclic) bond motifs is 7. The van der Waals surface area contributed by atoms with Gasteiger partial charge in [0.2, 0.25) is 0 Å². The van der Waals surface area contributed by atoms with E-state index in [0.29, 0.717) is 24.7 Å². The molecule has 0 aromatic carbocycles. The minimum atomic E-state index is -1.10. The molecular weight excluding hydrogens is 419 g/mol. The summed E-state index contributed by atoms with van der Waals surface area (Å²) in [6, 6.07) is 0. The van der Waals surface area contributed by atoms with Gasteiger partial charge in [-0.2, -0.15) is 0 Å². The number of carbonyl (C=O) groups excluding carboxylic acids is 3. The maximum absolute atomic E-state index is 12.8. The Balaban J connectivity index is 0.00000231. The van der Waals surface area contributed by atoms with Crippen LogP contribution in [0.15, 0.2) is 11.6 Å². The normalized spacial score (nSPS) is 49.5. The zero-order chi connectivity index (χ0) is 21.6. The summed E-state index contributed by atoms with van der Waals surface area (Å²) in [5.41, 5.74) is -0.204. The number of hydrogen-bond donors (Lipinski definition) is 1. The van der Waals surface area contributed by atoms with Crippen LogP contribution in [0.1, 0.15) is 72.1 Å². The van der Waals surface area contributed by atoms with Gasteiger partial charge < -0.3 is 15.0 Å². The summed E-state index contributed by atoms with van der Waals surface area (Å²) in [6.45, 7) is 6.14. The van der Waals surface area contributed by atoms with Crippen LogP contribution < -0.4 is 56.5 Å². The fourth-order valence-corrected chi connectivity index (χ4v) is 8.85. The topological polar surface area (TPSA) is 94.5 Å². The fourth-order valence-electron chi connectivity index (χ4n) is 8.85. The number of carbonyl (C=O) groups is 3. The van der Waals surface area contributed by atoms with Gasteiger partial charge in [0.25, 0.3) is 0 Å². The standard InChI is InChI=1S/C25H34O5.K/c1-13(26)16-11-14-10-15(27)4-7-23(14,2)18-5-8-24(3)22(21(16)18)17-12-19(17)25(24,30)9-6-20(28)29;/h10,16-19,21-22,30H,4-9,11-12H2,1-3H3,(H,28,29);/q;+1/p-1/t16-,17+,18?,19-,21?,22?,23-,24-,25-;/m0./s1. The second-order valence-electron chi connectivity index (χ2n) is 11.4. The number of hydrogen-bond acceptors (Lipinski definition) is 5. The number of rotatable bonds is 4. The Labute approximate surface area is 227 Å². The number of aliphatic hydroxyl groups is 1. The summed E-state index contributed by atoms with van der Waals surface area (Å²) in [6.07, 6.45) is 6.80. The number of Topliss-reactive ketones (excluding diaryl/α,β-unsaturated/α-hetero) is 1. The Kier molecular flexibility index (Phi) is 6.14. The molecule has 31 heavy (non-hydrogen) atoms. The Morgan fingerprint density at radius 3 is 2.58 bits per heavy atom. The fraction of sp³-hybridized carbons (Fsp3) is 0.800. The smallest absolute Gasteiger partial charge is 0.550 e. The molecule has 0 aromatic heterocycles. The average molecular weight is 453 g/mol. The van der Waals surface area contributed by atoms with Gasteiger partial charge in [-0.15, -0.1) is 0 Å². The third-order valence-corrected chi connectivity index (χ3v) is 10.4. The van der Waals surface area contributed by atoms with Crippen molar-refractivity contribution in [1.29, 1.82) is 0 Å². The van der Waals surface area contributed by atoms with Crippen LogP contribution in [-0.4, -0.2) is 28.2 Å². The quantitative estimate of drug-likeness (QED) is 0.578. The average Bonchev–Trinajstić information content (AvgIpc) is 3.43. The molecule has 9 atom stereocenters. The van der Waals surface area contributed by atoms with Crippen LogP contribution in [0.5, 0.6) is 0 Å². The van der Waals surface area contributed by atoms with Gasteiger partial charge >= 0.3 is 51.4 Å². The van der Waals surface area contributed by atoms with Gasteiger partial charge in [0.1, 0.15) is 5.78 Å². The summed E-state index contributed by atoms with van der Waals surface area (Å²) in [5.74, 6) is 0.515. The SMILES string of the molecule is CC(=O)[C@@H]1CC2=CC(=O)CC[C@]2(C)C2CC[C@@]3(C)C(C21)[C@@H]1C[C@@H]1[C@@]3(O)CCC(=O)[O-].[K+]. The van der Waals surface area contributed by atoms with E-state index < -0.39 is 11.6 Å². The molecule has 1 N–H and O–H groups in total. The molecule has 0 aromatic rings. The minimum absolute atomic E-state index is 0. The molecule has 3 unspecified atom stereocenters. The van der Waals surface area contributed by atoms with Crippen LogP contribution >= 0.6 is 0 Å². The second kappa shape index (κ2) is 7.84. The van der Waals surface area contributed by atoms with E-state index in [1.54, 1.807) is 6.92 Å². The molecule has 0 amide bonds. The van der Waals surface area contributed by atoms with Gasteiger partial charge in [0.05, 0.1) is 5.60 Å². The van der Waals surface area contributed by atoms with Gasteiger partial charge in [-0.3, -0.25) is 9.59 Å². The van der Waals surface area contributed by atoms with E-state index in [1.165, 1.54) is 5.57 Å². The molecule has 0 spiro atoms. The Morgan fingerprint density at radius 1 is 1.23 bits per heavy atom. The van der Waals surface area contributed by atoms with Gasteiger partial charge in [-0.25, -0.2) is 0 Å². The Morgan fingerprint density at radius 2 is 1.94 bits per heavy atom. The first-order chi connectivity index (χ1) is 14.0. The van der Waals surface area contributed by atoms with Crippen LogP contribution in [0.3, 0.4) is 0 Å². The third kappa shape index (κ3) is 3.29. The molecule has 0 radical (unpaired) electrons. The van der Waals surface area contributed by atoms with Gasteiger partial charge in [0, 0.05) is 18.3 Å². The maximum Gasteiger partial charge on any atom is 1.00 e. The second-order valence-corrected chi connectivity index (χ2v) is 11.4. The van der Waals surface area contributed by atoms with E-state index in [-0.39, 0.29) is 110 Å². The number of ketones is 2. The van der Waals surface area contributed by atoms with E-state index in [0.717, 1.165) is 25.7 Å². The first-order valence-electron chi connectivity index (χ1n) is 11.7. The van der Waals surface area contributed by atoms with Crippen molar-refractivity contribution in [2.75, 3.05) is 0 Å². The zero-order valence-electron chi connectivity index (χ0n) is 19.3. The molecule has 0 saturated heterocycles. The van der Waals surface area contributed by atoms with E-state index in [2.05, 4.69) is 13.8 Å². The van der Waals surface area contributed by atoms with E-state index in [4.69, 9.17) is 0 Å². The van der Waals surface area contributed by atoms with Crippen LogP contribution in [-0.2, 0) is 14.4 Å². The third-order valence-electron chi connectivity index (χ3n) is 10.4. The van der Waals surface area contributed by atoms with Crippen molar-refractivity contribution < 1.29 is 76.0 Å². The molecule has 6 heteroatoms. The van der Waals surface area contributed by atoms with Gasteiger partial charge in [-0.05, 0) is 98.4 Å². The summed E-state index contributed by atoms with van der Waals surface area (Å²) in [7, 11) is 0. The maximum atomic E-state index is 12.8. The van der Waals surface area contributed by atoms with Crippen molar-refractivity contribution in [3.05, 3.63) is 11.6 Å². The molecule has 5 aliphatic rings. The molecule has 164 valence electrons. The largest absolute Gasteiger partial charge is 1.00 e. The summed E-state index contributed by atoms with van der Waals surface area (Å²) in [4.78, 5) is 36.2. The molecule has 4 saturated carbocycles. The van der Waals surface area contributed by atoms with Crippen molar-refractivity contribution >= 4 is 17.5 Å². The summed E-state index contributed by atoms with van der Waals surface area (Å²) < 4.78 is 0. The molecule has 0 bridgehead atoms. The first kappa shape index (κ1) is 24.3. The molecule has 0 aliphatic heterocycles. The minimum Gasteiger partial charge on any atom is -0.550 e. The first-order valence-corrected chi connectivity index (χ1v) is 11.7. The molecule has 5 aliphatic carbocycles. The summed E-state index contributed by atoms with van der Waals surface area (Å²) >= 11 is 0. The van der Waals surface area contributed by atoms with Crippen molar-refractivity contribution in [3.63, 3.8) is 0 Å². The number of carboxylic acid groups (broad SMARTS) is 1. The predicted molar refractivity (Wildman–Crippen MR) is 108 cm³/mol. The van der Waals surface area contributed by atoms with Crippen molar-refractivity contribution in [2.45, 2.75) is 77.7 Å². The Hall–Kier alpha value is 0.146. The number of allylic oxidation sites excluding steroid dienone is 1.